The van der Waals surface area contributed by atoms with Gasteiger partial charge in [-0.15, -0.1) is 0 Å². The highest BCUT2D eigenvalue weighted by Gasteiger charge is 2.30. The number of carbonyl (C=O) groups excluding carboxylic acids is 1. The summed E-state index contributed by atoms with van der Waals surface area (Å²) in [6.07, 6.45) is 3.51. The Labute approximate surface area is 154 Å². The molecule has 0 unspecified atom stereocenters. The number of hydrogen-bond donors (Lipinski definition) is 1. The molecule has 1 fully saturated rings. The minimum atomic E-state index is -0.130. The number of pyridine rings is 2. The van der Waals surface area contributed by atoms with Gasteiger partial charge in [0.05, 0.1) is 34.7 Å². The number of likely N-dealkylation sites (tertiary alicyclic amines) is 1. The lowest BCUT2D eigenvalue weighted by Crippen LogP contribution is -2.57. The van der Waals surface area contributed by atoms with Gasteiger partial charge in [0.2, 0.25) is 5.91 Å². The van der Waals surface area contributed by atoms with Crippen LogP contribution in [0, 0.1) is 11.3 Å². The Morgan fingerprint density at radius 3 is 3.00 bits per heavy atom. The van der Waals surface area contributed by atoms with E-state index < -0.39 is 0 Å². The Bertz CT molecular complexity index is 1020. The molecule has 1 amide bonds. The second-order valence-electron chi connectivity index (χ2n) is 6.10. The summed E-state index contributed by atoms with van der Waals surface area (Å²) >= 11 is 6.09. The average molecular weight is 367 g/mol. The zero-order valence-electron chi connectivity index (χ0n) is 13.8. The monoisotopic (exact) mass is 366 g/mol. The van der Waals surface area contributed by atoms with Gasteiger partial charge in [-0.1, -0.05) is 17.7 Å². The first-order valence-electron chi connectivity index (χ1n) is 8.15. The molecule has 0 atom stereocenters. The van der Waals surface area contributed by atoms with Crippen LogP contribution in [-0.2, 0) is 4.79 Å². The number of imidazole rings is 1. The van der Waals surface area contributed by atoms with Crippen molar-refractivity contribution >= 4 is 29.0 Å². The minimum Gasteiger partial charge on any atom is -0.364 e. The van der Waals surface area contributed by atoms with Crippen LogP contribution in [0.4, 0.5) is 5.82 Å². The lowest BCUT2D eigenvalue weighted by molar-refractivity contribution is -0.134. The van der Waals surface area contributed by atoms with Crippen molar-refractivity contribution in [1.82, 2.24) is 19.3 Å². The average Bonchev–Trinajstić information content (AvgIpc) is 3.01. The molecule has 4 rings (SSSR count). The maximum atomic E-state index is 11.6. The van der Waals surface area contributed by atoms with Crippen molar-refractivity contribution in [1.29, 1.82) is 5.26 Å². The van der Waals surface area contributed by atoms with Crippen molar-refractivity contribution < 1.29 is 4.79 Å². The number of anilines is 1. The number of nitrogens with one attached hydrogen (secondary N) is 1. The molecule has 3 aromatic rings. The quantitative estimate of drug-likeness (QED) is 0.767. The van der Waals surface area contributed by atoms with Crippen molar-refractivity contribution in [3.8, 4) is 17.5 Å². The Balaban J connectivity index is 1.50. The third kappa shape index (κ3) is 3.07. The van der Waals surface area contributed by atoms with Crippen LogP contribution in [0.1, 0.15) is 6.42 Å². The molecule has 0 spiro atoms. The van der Waals surface area contributed by atoms with Crippen molar-refractivity contribution in [3.05, 3.63) is 47.7 Å². The van der Waals surface area contributed by atoms with Gasteiger partial charge in [0.15, 0.2) is 0 Å². The molecular weight excluding hydrogens is 352 g/mol. The number of nitrogens with zero attached hydrogens (tertiary/aromatic N) is 5. The molecule has 0 saturated carbocycles. The fourth-order valence-electron chi connectivity index (χ4n) is 2.96. The molecule has 0 aromatic carbocycles. The Kier molecular flexibility index (Phi) is 4.19. The molecule has 130 valence electrons. The van der Waals surface area contributed by atoms with Crippen LogP contribution < -0.4 is 5.32 Å². The Morgan fingerprint density at radius 1 is 1.35 bits per heavy atom. The van der Waals surface area contributed by atoms with Crippen LogP contribution >= 0.6 is 11.6 Å². The van der Waals surface area contributed by atoms with Crippen molar-refractivity contribution in [2.45, 2.75) is 12.5 Å². The summed E-state index contributed by atoms with van der Waals surface area (Å²) in [6.45, 7) is 1.16. The zero-order valence-corrected chi connectivity index (χ0v) is 14.5. The number of nitriles is 1. The highest BCUT2D eigenvalue weighted by atomic mass is 35.5. The number of aromatic nitrogens is 3. The fraction of sp³-hybridized carbons (Fsp3) is 0.222. The first kappa shape index (κ1) is 16.4. The number of rotatable bonds is 4. The van der Waals surface area contributed by atoms with E-state index in [1.54, 1.807) is 17.2 Å². The number of amides is 1. The first-order chi connectivity index (χ1) is 12.6. The SMILES string of the molecule is N#CCC(=O)N1CC(Nc2cccc(-c3cnc4ccc(Cl)cn34)n2)C1. The van der Waals surface area contributed by atoms with Gasteiger partial charge in [0, 0.05) is 19.3 Å². The largest absolute Gasteiger partial charge is 0.364 e. The first-order valence-corrected chi connectivity index (χ1v) is 8.53. The molecular formula is C18H15ClN6O. The Morgan fingerprint density at radius 2 is 2.19 bits per heavy atom. The van der Waals surface area contributed by atoms with Crippen LogP contribution in [0.5, 0.6) is 0 Å². The molecule has 1 aliphatic heterocycles. The highest BCUT2D eigenvalue weighted by Crippen LogP contribution is 2.23. The molecule has 7 nitrogen and oxygen atoms in total. The van der Waals surface area contributed by atoms with Gasteiger partial charge in [-0.3, -0.25) is 9.20 Å². The van der Waals surface area contributed by atoms with Gasteiger partial charge in [-0.2, -0.15) is 5.26 Å². The van der Waals surface area contributed by atoms with E-state index >= 15 is 0 Å². The molecule has 0 bridgehead atoms. The van der Waals surface area contributed by atoms with Crippen molar-refractivity contribution in [2.24, 2.45) is 0 Å². The maximum Gasteiger partial charge on any atom is 0.236 e. The molecule has 3 aromatic heterocycles. The van der Waals surface area contributed by atoms with E-state index in [0.29, 0.717) is 18.1 Å². The topological polar surface area (TPSA) is 86.3 Å². The zero-order chi connectivity index (χ0) is 18.1. The standard InChI is InChI=1S/C18H15ClN6O/c19-12-4-5-17-21-8-15(25(17)9-12)14-2-1-3-16(23-14)22-13-10-24(11-13)18(26)6-7-20/h1-5,8-9,13H,6,10-11H2,(H,22,23). The summed E-state index contributed by atoms with van der Waals surface area (Å²) < 4.78 is 1.90. The predicted octanol–water partition coefficient (Wildman–Crippen LogP) is 2.59. The molecule has 8 heteroatoms. The normalized spacial score (nSPS) is 14.1. The number of halogens is 1. The van der Waals surface area contributed by atoms with Crippen LogP contribution in [-0.4, -0.2) is 44.3 Å². The smallest absolute Gasteiger partial charge is 0.236 e. The number of carbonyl (C=O) groups is 1. The minimum absolute atomic E-state index is 0.0721. The third-order valence-corrected chi connectivity index (χ3v) is 4.52. The van der Waals surface area contributed by atoms with Gasteiger partial charge in [-0.05, 0) is 24.3 Å². The van der Waals surface area contributed by atoms with Crippen LogP contribution in [0.2, 0.25) is 5.02 Å². The number of fused-ring (bicyclic) bond motifs is 1. The maximum absolute atomic E-state index is 11.6. The lowest BCUT2D eigenvalue weighted by Gasteiger charge is -2.39. The summed E-state index contributed by atoms with van der Waals surface area (Å²) in [5.74, 6) is 0.603. The molecule has 0 aliphatic carbocycles. The van der Waals surface area contributed by atoms with Gasteiger partial charge in [-0.25, -0.2) is 9.97 Å². The van der Waals surface area contributed by atoms with Gasteiger partial charge < -0.3 is 10.2 Å². The molecule has 26 heavy (non-hydrogen) atoms. The Hall–Kier alpha value is -3.11. The van der Waals surface area contributed by atoms with E-state index in [0.717, 1.165) is 22.9 Å². The second kappa shape index (κ2) is 6.65. The van der Waals surface area contributed by atoms with Crippen LogP contribution in [0.3, 0.4) is 0 Å². The highest BCUT2D eigenvalue weighted by molar-refractivity contribution is 6.30. The van der Waals surface area contributed by atoms with Crippen molar-refractivity contribution in [2.75, 3.05) is 18.4 Å². The van der Waals surface area contributed by atoms with E-state index in [1.165, 1.54) is 0 Å². The summed E-state index contributed by atoms with van der Waals surface area (Å²) in [4.78, 5) is 22.3. The molecule has 4 heterocycles. The molecule has 1 N–H and O–H groups in total. The lowest BCUT2D eigenvalue weighted by atomic mass is 10.1. The van der Waals surface area contributed by atoms with Crippen LogP contribution in [0.15, 0.2) is 42.7 Å². The van der Waals surface area contributed by atoms with Crippen molar-refractivity contribution in [3.63, 3.8) is 0 Å². The van der Waals surface area contributed by atoms with E-state index in [2.05, 4.69) is 15.3 Å². The van der Waals surface area contributed by atoms with E-state index in [1.807, 2.05) is 40.9 Å². The van der Waals surface area contributed by atoms with Gasteiger partial charge >= 0.3 is 0 Å². The molecule has 0 radical (unpaired) electrons. The van der Waals surface area contributed by atoms with E-state index in [9.17, 15) is 4.79 Å². The van der Waals surface area contributed by atoms with Crippen LogP contribution in [0.25, 0.3) is 17.0 Å². The summed E-state index contributed by atoms with van der Waals surface area (Å²) in [5.41, 5.74) is 2.43. The summed E-state index contributed by atoms with van der Waals surface area (Å²) in [6, 6.07) is 11.4. The fourth-order valence-corrected chi connectivity index (χ4v) is 3.12. The van der Waals surface area contributed by atoms with E-state index in [-0.39, 0.29) is 18.4 Å². The third-order valence-electron chi connectivity index (χ3n) is 4.30. The van der Waals surface area contributed by atoms with Gasteiger partial charge in [0.25, 0.3) is 0 Å². The predicted molar refractivity (Wildman–Crippen MR) is 97.7 cm³/mol. The van der Waals surface area contributed by atoms with E-state index in [4.69, 9.17) is 16.9 Å². The number of hydrogen-bond acceptors (Lipinski definition) is 5. The summed E-state index contributed by atoms with van der Waals surface area (Å²) in [5, 5.41) is 12.5. The summed E-state index contributed by atoms with van der Waals surface area (Å²) in [7, 11) is 0. The molecule has 1 saturated heterocycles. The van der Waals surface area contributed by atoms with Gasteiger partial charge in [0.1, 0.15) is 17.9 Å². The second-order valence-corrected chi connectivity index (χ2v) is 6.54. The molecule has 1 aliphatic rings.